The van der Waals surface area contributed by atoms with Gasteiger partial charge in [-0.3, -0.25) is 4.79 Å². The summed E-state index contributed by atoms with van der Waals surface area (Å²) < 4.78 is 7.56. The maximum Gasteiger partial charge on any atom is 0.223 e. The van der Waals surface area contributed by atoms with E-state index in [0.29, 0.717) is 24.6 Å². The Labute approximate surface area is 129 Å². The first kappa shape index (κ1) is 15.9. The number of phenolic OH excluding ortho intramolecular Hbond substituents is 1. The number of pyridine rings is 1. The molecule has 0 saturated carbocycles. The van der Waals surface area contributed by atoms with Gasteiger partial charge in [-0.2, -0.15) is 0 Å². The summed E-state index contributed by atoms with van der Waals surface area (Å²) in [4.78, 5) is 11.3. The Morgan fingerprint density at radius 2 is 1.77 bits per heavy atom. The van der Waals surface area contributed by atoms with Gasteiger partial charge in [0.1, 0.15) is 18.1 Å². The highest BCUT2D eigenvalue weighted by Crippen LogP contribution is 2.31. The van der Waals surface area contributed by atoms with Crippen LogP contribution in [0.1, 0.15) is 22.4 Å². The molecule has 0 unspecified atom stereocenters. The van der Waals surface area contributed by atoms with Gasteiger partial charge in [0.15, 0.2) is 5.75 Å². The molecule has 0 radical (unpaired) electrons. The molecule has 5 heteroatoms. The average Bonchev–Trinajstić information content (AvgIpc) is 2.50. The predicted octanol–water partition coefficient (Wildman–Crippen LogP) is 2.57. The van der Waals surface area contributed by atoms with Crippen molar-refractivity contribution in [3.63, 3.8) is 0 Å². The number of rotatable bonds is 4. The van der Waals surface area contributed by atoms with Crippen LogP contribution in [-0.2, 0) is 6.54 Å². The van der Waals surface area contributed by atoms with Crippen molar-refractivity contribution in [2.24, 2.45) is 0 Å². The summed E-state index contributed by atoms with van der Waals surface area (Å²) in [6, 6.07) is 3.15. The lowest BCUT2D eigenvalue weighted by Gasteiger charge is -2.16. The number of nitrogens with zero attached hydrogens (tertiary/aromatic N) is 1. The first-order chi connectivity index (χ1) is 10.3. The number of benzene rings is 1. The van der Waals surface area contributed by atoms with E-state index in [-0.39, 0.29) is 11.2 Å². The maximum atomic E-state index is 11.3. The maximum absolute atomic E-state index is 11.3. The van der Waals surface area contributed by atoms with Crippen molar-refractivity contribution in [1.29, 1.82) is 0 Å². The molecule has 5 nitrogen and oxygen atoms in total. The minimum atomic E-state index is -0.379. The van der Waals surface area contributed by atoms with Gasteiger partial charge in [-0.25, -0.2) is 0 Å². The number of hydrogen-bond donors (Lipinski definition) is 2. The lowest BCUT2D eigenvalue weighted by molar-refractivity contribution is 0.292. The van der Waals surface area contributed by atoms with E-state index >= 15 is 0 Å². The fourth-order valence-corrected chi connectivity index (χ4v) is 2.34. The zero-order valence-electron chi connectivity index (χ0n) is 13.3. The Morgan fingerprint density at radius 3 is 2.45 bits per heavy atom. The molecule has 118 valence electrons. The minimum absolute atomic E-state index is 0.227. The van der Waals surface area contributed by atoms with Crippen LogP contribution in [-0.4, -0.2) is 21.4 Å². The van der Waals surface area contributed by atoms with Crippen LogP contribution < -0.4 is 10.2 Å². The molecule has 22 heavy (non-hydrogen) atoms. The predicted molar refractivity (Wildman–Crippen MR) is 84.9 cm³/mol. The van der Waals surface area contributed by atoms with E-state index in [0.717, 1.165) is 22.4 Å². The molecule has 1 heterocycles. The van der Waals surface area contributed by atoms with Crippen molar-refractivity contribution in [2.45, 2.75) is 34.2 Å². The molecule has 0 fully saturated rings. The summed E-state index contributed by atoms with van der Waals surface area (Å²) in [6.45, 7) is 8.19. The summed E-state index contributed by atoms with van der Waals surface area (Å²) in [5.74, 6) is 0.803. The summed E-state index contributed by atoms with van der Waals surface area (Å²) in [6.07, 6.45) is 1.64. The van der Waals surface area contributed by atoms with Crippen LogP contribution in [0.5, 0.6) is 17.2 Å². The molecule has 0 spiro atoms. The third-order valence-electron chi connectivity index (χ3n) is 4.01. The summed E-state index contributed by atoms with van der Waals surface area (Å²) >= 11 is 0. The Morgan fingerprint density at radius 1 is 1.09 bits per heavy atom. The molecule has 0 aliphatic heterocycles. The number of aromatic nitrogens is 1. The lowest BCUT2D eigenvalue weighted by Crippen LogP contribution is -2.14. The molecule has 0 bridgehead atoms. The van der Waals surface area contributed by atoms with Crippen LogP contribution in [0, 0.1) is 27.7 Å². The lowest BCUT2D eigenvalue weighted by atomic mass is 10.0. The van der Waals surface area contributed by atoms with Crippen LogP contribution in [0.15, 0.2) is 23.1 Å². The van der Waals surface area contributed by atoms with Crippen LogP contribution in [0.25, 0.3) is 0 Å². The second kappa shape index (κ2) is 6.13. The van der Waals surface area contributed by atoms with Gasteiger partial charge in [0.2, 0.25) is 5.43 Å². The first-order valence-electron chi connectivity index (χ1n) is 7.14. The largest absolute Gasteiger partial charge is 0.507 e. The average molecular weight is 303 g/mol. The van der Waals surface area contributed by atoms with Gasteiger partial charge in [-0.1, -0.05) is 0 Å². The van der Waals surface area contributed by atoms with Gasteiger partial charge in [0.25, 0.3) is 0 Å². The second-order valence-electron chi connectivity index (χ2n) is 5.45. The van der Waals surface area contributed by atoms with E-state index in [1.807, 2.05) is 26.8 Å². The van der Waals surface area contributed by atoms with Gasteiger partial charge in [0.05, 0.1) is 12.2 Å². The van der Waals surface area contributed by atoms with Crippen molar-refractivity contribution in [3.05, 3.63) is 50.9 Å². The highest BCUT2D eigenvalue weighted by atomic mass is 16.5. The molecule has 0 aliphatic carbocycles. The normalized spacial score (nSPS) is 10.7. The van der Waals surface area contributed by atoms with Gasteiger partial charge < -0.3 is 19.5 Å². The number of aryl methyl sites for hydroxylation is 1. The Hall–Kier alpha value is -2.43. The molecule has 2 N–H and O–H groups in total. The molecule has 0 saturated heterocycles. The molecule has 2 aromatic rings. The summed E-state index contributed by atoms with van der Waals surface area (Å²) in [7, 11) is 0. The van der Waals surface area contributed by atoms with E-state index in [4.69, 9.17) is 4.74 Å². The van der Waals surface area contributed by atoms with Crippen molar-refractivity contribution in [2.75, 3.05) is 6.61 Å². The third kappa shape index (κ3) is 2.93. The van der Waals surface area contributed by atoms with Crippen molar-refractivity contribution in [3.8, 4) is 17.2 Å². The number of hydrogen-bond acceptors (Lipinski definition) is 4. The standard InChI is InChI=1S/C17H21NO4/c1-10-9-15(11(2)12(3)16(10)20)22-8-7-18-6-5-14(19)17(21)13(18)4/h5-6,9,20-21H,7-8H2,1-4H3. The Kier molecular flexibility index (Phi) is 4.45. The molecule has 0 atom stereocenters. The van der Waals surface area contributed by atoms with Crippen molar-refractivity contribution >= 4 is 0 Å². The highest BCUT2D eigenvalue weighted by Gasteiger charge is 2.10. The quantitative estimate of drug-likeness (QED) is 0.910. The zero-order valence-corrected chi connectivity index (χ0v) is 13.3. The summed E-state index contributed by atoms with van der Waals surface area (Å²) in [5, 5.41) is 19.5. The van der Waals surface area contributed by atoms with Gasteiger partial charge in [-0.15, -0.1) is 0 Å². The molecule has 1 aromatic heterocycles. The molecule has 0 amide bonds. The molecule has 2 rings (SSSR count). The second-order valence-corrected chi connectivity index (χ2v) is 5.45. The van der Waals surface area contributed by atoms with Crippen molar-refractivity contribution in [1.82, 2.24) is 4.57 Å². The summed E-state index contributed by atoms with van der Waals surface area (Å²) in [5.41, 5.74) is 2.63. The first-order valence-corrected chi connectivity index (χ1v) is 7.14. The fraction of sp³-hybridized carbons (Fsp3) is 0.353. The molecule has 0 aliphatic rings. The topological polar surface area (TPSA) is 71.7 Å². The van der Waals surface area contributed by atoms with Gasteiger partial charge in [0, 0.05) is 12.3 Å². The van der Waals surface area contributed by atoms with E-state index in [1.165, 1.54) is 6.07 Å². The number of ether oxygens (including phenoxy) is 1. The number of phenols is 1. The van der Waals surface area contributed by atoms with Gasteiger partial charge in [-0.05, 0) is 50.5 Å². The number of aromatic hydroxyl groups is 2. The Balaban J connectivity index is 2.13. The zero-order chi connectivity index (χ0) is 16.4. The van der Waals surface area contributed by atoms with Gasteiger partial charge >= 0.3 is 0 Å². The highest BCUT2D eigenvalue weighted by molar-refractivity contribution is 5.51. The van der Waals surface area contributed by atoms with Crippen molar-refractivity contribution < 1.29 is 14.9 Å². The smallest absolute Gasteiger partial charge is 0.223 e. The van der Waals surface area contributed by atoms with E-state index in [2.05, 4.69) is 0 Å². The fourth-order valence-electron chi connectivity index (χ4n) is 2.34. The molecule has 1 aromatic carbocycles. The SMILES string of the molecule is Cc1cc(OCCn2ccc(=O)c(O)c2C)c(C)c(C)c1O. The monoisotopic (exact) mass is 303 g/mol. The third-order valence-corrected chi connectivity index (χ3v) is 4.01. The molecular formula is C17H21NO4. The van der Waals surface area contributed by atoms with Crippen LogP contribution in [0.2, 0.25) is 0 Å². The minimum Gasteiger partial charge on any atom is -0.507 e. The van der Waals surface area contributed by atoms with Crippen LogP contribution in [0.3, 0.4) is 0 Å². The van der Waals surface area contributed by atoms with E-state index < -0.39 is 0 Å². The Bertz CT molecular complexity index is 762. The van der Waals surface area contributed by atoms with E-state index in [1.54, 1.807) is 17.7 Å². The van der Waals surface area contributed by atoms with E-state index in [9.17, 15) is 15.0 Å². The van der Waals surface area contributed by atoms with Crippen LogP contribution >= 0.6 is 0 Å². The van der Waals surface area contributed by atoms with Crippen LogP contribution in [0.4, 0.5) is 0 Å². The molecular weight excluding hydrogens is 282 g/mol.